The number of para-hydroxylation sites is 1. The number of guanidine groups is 1. The summed E-state index contributed by atoms with van der Waals surface area (Å²) < 4.78 is 28.2. The van der Waals surface area contributed by atoms with Gasteiger partial charge in [0.25, 0.3) is 10.0 Å². The fourth-order valence-electron chi connectivity index (χ4n) is 1.95. The van der Waals surface area contributed by atoms with Crippen molar-refractivity contribution in [2.45, 2.75) is 4.90 Å². The van der Waals surface area contributed by atoms with Gasteiger partial charge >= 0.3 is 0 Å². The van der Waals surface area contributed by atoms with Crippen molar-refractivity contribution in [3.8, 4) is 0 Å². The molecule has 23 heavy (non-hydrogen) atoms. The average molecular weight is 334 g/mol. The molecular formula is C15H18N4O3S. The van der Waals surface area contributed by atoms with Gasteiger partial charge in [-0.2, -0.15) is 8.42 Å². The lowest BCUT2D eigenvalue weighted by molar-refractivity contribution is 0.306. The first-order valence-corrected chi connectivity index (χ1v) is 8.27. The van der Waals surface area contributed by atoms with Gasteiger partial charge in [-0.25, -0.2) is 0 Å². The number of hydrogen-bond donors (Lipinski definition) is 3. The molecule has 0 aromatic heterocycles. The maximum absolute atomic E-state index is 12.3. The molecule has 122 valence electrons. The Morgan fingerprint density at radius 3 is 2.26 bits per heavy atom. The zero-order valence-electron chi connectivity index (χ0n) is 12.3. The summed E-state index contributed by atoms with van der Waals surface area (Å²) in [5, 5.41) is 9.18. The van der Waals surface area contributed by atoms with Gasteiger partial charge in [0.2, 0.25) is 5.96 Å². The quantitative estimate of drug-likeness (QED) is 0.422. The maximum Gasteiger partial charge on any atom is 0.285 e. The molecule has 7 nitrogen and oxygen atoms in total. The van der Waals surface area contributed by atoms with Crippen molar-refractivity contribution in [3.63, 3.8) is 0 Å². The number of rotatable bonds is 5. The highest BCUT2D eigenvalue weighted by Crippen LogP contribution is 2.17. The molecule has 2 rings (SSSR count). The van der Waals surface area contributed by atoms with Crippen LogP contribution in [0.15, 0.2) is 63.9 Å². The van der Waals surface area contributed by atoms with Crippen LogP contribution in [0.1, 0.15) is 0 Å². The second-order valence-electron chi connectivity index (χ2n) is 4.70. The third-order valence-corrected chi connectivity index (χ3v) is 4.35. The Morgan fingerprint density at radius 1 is 1.09 bits per heavy atom. The van der Waals surface area contributed by atoms with Crippen LogP contribution in [0.5, 0.6) is 0 Å². The topological polar surface area (TPSA) is 122 Å². The van der Waals surface area contributed by atoms with Crippen LogP contribution in [0.4, 0.5) is 11.4 Å². The highest BCUT2D eigenvalue weighted by molar-refractivity contribution is 7.90. The smallest absolute Gasteiger partial charge is 0.285 e. The molecule has 0 atom stereocenters. The molecule has 0 aliphatic heterocycles. The number of aliphatic hydroxyl groups is 1. The zero-order valence-corrected chi connectivity index (χ0v) is 13.1. The fourth-order valence-corrected chi connectivity index (χ4v) is 2.88. The third-order valence-electron chi connectivity index (χ3n) is 3.06. The van der Waals surface area contributed by atoms with Crippen molar-refractivity contribution in [2.75, 3.05) is 23.8 Å². The summed E-state index contributed by atoms with van der Waals surface area (Å²) in [6.07, 6.45) is 0. The molecule has 0 saturated carbocycles. The lowest BCUT2D eigenvalue weighted by Crippen LogP contribution is -2.40. The van der Waals surface area contributed by atoms with Crippen LogP contribution >= 0.6 is 0 Å². The average Bonchev–Trinajstić information content (AvgIpc) is 2.53. The summed E-state index contributed by atoms with van der Waals surface area (Å²) in [6, 6.07) is 14.5. The second kappa shape index (κ2) is 7.12. The minimum Gasteiger partial charge on any atom is -0.399 e. The summed E-state index contributed by atoms with van der Waals surface area (Å²) in [5.74, 6) is -0.220. The van der Waals surface area contributed by atoms with Crippen LogP contribution in [-0.2, 0) is 10.0 Å². The molecule has 5 N–H and O–H groups in total. The van der Waals surface area contributed by atoms with Gasteiger partial charge in [-0.15, -0.1) is 4.40 Å². The minimum absolute atomic E-state index is 0.00772. The number of nitrogen functional groups attached to an aromatic ring is 1. The van der Waals surface area contributed by atoms with Gasteiger partial charge in [0.05, 0.1) is 11.5 Å². The summed E-state index contributed by atoms with van der Waals surface area (Å²) in [7, 11) is -3.96. The van der Waals surface area contributed by atoms with Crippen molar-refractivity contribution < 1.29 is 13.5 Å². The number of aliphatic hydroxyl groups excluding tert-OH is 1. The van der Waals surface area contributed by atoms with Gasteiger partial charge in [-0.3, -0.25) is 0 Å². The Bertz CT molecular complexity index is 774. The molecule has 0 aliphatic rings. The maximum atomic E-state index is 12.3. The summed E-state index contributed by atoms with van der Waals surface area (Å²) >= 11 is 0. The Kier molecular flexibility index (Phi) is 5.20. The number of nitrogens with two attached hydrogens (primary N) is 2. The Morgan fingerprint density at radius 2 is 1.70 bits per heavy atom. The van der Waals surface area contributed by atoms with Crippen LogP contribution in [0.2, 0.25) is 0 Å². The van der Waals surface area contributed by atoms with E-state index < -0.39 is 10.0 Å². The standard InChI is InChI=1S/C15H18N4O3S/c16-12-6-8-14(9-7-12)23(21,22)18-15(17)19(10-11-20)13-4-2-1-3-5-13/h1-9,20H,10-11,16H2,(H2,17,18). The van der Waals surface area contributed by atoms with Crippen LogP contribution < -0.4 is 16.4 Å². The van der Waals surface area contributed by atoms with Crippen molar-refractivity contribution in [1.82, 2.24) is 0 Å². The van der Waals surface area contributed by atoms with E-state index in [2.05, 4.69) is 4.40 Å². The van der Waals surface area contributed by atoms with Crippen molar-refractivity contribution in [3.05, 3.63) is 54.6 Å². The molecule has 0 aliphatic carbocycles. The van der Waals surface area contributed by atoms with E-state index in [9.17, 15) is 13.5 Å². The van der Waals surface area contributed by atoms with Gasteiger partial charge in [0.1, 0.15) is 0 Å². The largest absolute Gasteiger partial charge is 0.399 e. The summed E-state index contributed by atoms with van der Waals surface area (Å²) in [4.78, 5) is 1.42. The molecule has 0 bridgehead atoms. The molecule has 0 fully saturated rings. The van der Waals surface area contributed by atoms with E-state index in [1.807, 2.05) is 6.07 Å². The number of nitrogens with zero attached hydrogens (tertiary/aromatic N) is 2. The van der Waals surface area contributed by atoms with Gasteiger partial charge in [0, 0.05) is 17.9 Å². The van der Waals surface area contributed by atoms with Gasteiger partial charge < -0.3 is 21.5 Å². The molecule has 0 radical (unpaired) electrons. The van der Waals surface area contributed by atoms with Crippen LogP contribution in [0.25, 0.3) is 0 Å². The SMILES string of the molecule is N/C(=N\S(=O)(=O)c1ccc(N)cc1)N(CCO)c1ccccc1. The Labute approximate surface area is 134 Å². The van der Waals surface area contributed by atoms with E-state index in [0.717, 1.165) is 0 Å². The number of sulfonamides is 1. The first kappa shape index (κ1) is 16.8. The number of hydrogen-bond acceptors (Lipinski definition) is 4. The molecule has 8 heteroatoms. The van der Waals surface area contributed by atoms with E-state index in [4.69, 9.17) is 11.5 Å². The van der Waals surface area contributed by atoms with E-state index in [1.54, 1.807) is 24.3 Å². The third kappa shape index (κ3) is 4.21. The van der Waals surface area contributed by atoms with Gasteiger partial charge in [0.15, 0.2) is 0 Å². The van der Waals surface area contributed by atoms with E-state index >= 15 is 0 Å². The van der Waals surface area contributed by atoms with Crippen molar-refractivity contribution in [1.29, 1.82) is 0 Å². The molecule has 2 aromatic rings. The molecular weight excluding hydrogens is 316 g/mol. The molecule has 0 amide bonds. The van der Waals surface area contributed by atoms with E-state index in [1.165, 1.54) is 29.2 Å². The number of anilines is 2. The van der Waals surface area contributed by atoms with E-state index in [0.29, 0.717) is 11.4 Å². The van der Waals surface area contributed by atoms with Crippen LogP contribution in [0, 0.1) is 0 Å². The minimum atomic E-state index is -3.96. The van der Waals surface area contributed by atoms with Crippen molar-refractivity contribution in [2.24, 2.45) is 10.1 Å². The fraction of sp³-hybridized carbons (Fsp3) is 0.133. The summed E-state index contributed by atoms with van der Waals surface area (Å²) in [6.45, 7) is -0.0797. The first-order valence-electron chi connectivity index (χ1n) is 6.83. The lowest BCUT2D eigenvalue weighted by atomic mass is 10.3. The van der Waals surface area contributed by atoms with Crippen LogP contribution in [-0.4, -0.2) is 32.6 Å². The first-order chi connectivity index (χ1) is 10.9. The normalized spacial score (nSPS) is 12.1. The Balaban J connectivity index is 2.36. The molecule has 0 unspecified atom stereocenters. The number of benzene rings is 2. The highest BCUT2D eigenvalue weighted by Gasteiger charge is 2.17. The van der Waals surface area contributed by atoms with E-state index in [-0.39, 0.29) is 24.0 Å². The molecule has 2 aromatic carbocycles. The zero-order chi connectivity index (χ0) is 16.9. The molecule has 0 spiro atoms. The van der Waals surface area contributed by atoms with Crippen molar-refractivity contribution >= 4 is 27.4 Å². The van der Waals surface area contributed by atoms with Gasteiger partial charge in [-0.05, 0) is 36.4 Å². The second-order valence-corrected chi connectivity index (χ2v) is 6.31. The summed E-state index contributed by atoms with van der Waals surface area (Å²) in [5.41, 5.74) is 12.5. The predicted octanol–water partition coefficient (Wildman–Crippen LogP) is 0.771. The highest BCUT2D eigenvalue weighted by atomic mass is 32.2. The monoisotopic (exact) mass is 334 g/mol. The molecule has 0 saturated heterocycles. The lowest BCUT2D eigenvalue weighted by Gasteiger charge is -2.22. The molecule has 0 heterocycles. The van der Waals surface area contributed by atoms with Gasteiger partial charge in [-0.1, -0.05) is 18.2 Å². The predicted molar refractivity (Wildman–Crippen MR) is 90.5 cm³/mol. The Hall–Kier alpha value is -2.58. The van der Waals surface area contributed by atoms with Crippen LogP contribution in [0.3, 0.4) is 0 Å².